The van der Waals surface area contributed by atoms with E-state index in [0.29, 0.717) is 0 Å². The van der Waals surface area contributed by atoms with E-state index in [4.69, 9.17) is 4.74 Å². The zero-order valence-corrected chi connectivity index (χ0v) is 32.8. The van der Waals surface area contributed by atoms with Gasteiger partial charge in [-0.3, -0.25) is 0 Å². The summed E-state index contributed by atoms with van der Waals surface area (Å²) in [5, 5.41) is 0. The highest BCUT2D eigenvalue weighted by Crippen LogP contribution is 2.20. The van der Waals surface area contributed by atoms with Crippen LogP contribution in [-0.2, 0) is 4.74 Å². The van der Waals surface area contributed by atoms with Crippen LogP contribution < -0.4 is 0 Å². The van der Waals surface area contributed by atoms with Crippen molar-refractivity contribution in [3.63, 3.8) is 0 Å². The first kappa shape index (κ1) is 45.0. The van der Waals surface area contributed by atoms with Crippen LogP contribution in [0.15, 0.2) is 0 Å². The molecule has 2 unspecified atom stereocenters. The van der Waals surface area contributed by atoms with E-state index in [1.165, 1.54) is 205 Å². The van der Waals surface area contributed by atoms with E-state index >= 15 is 0 Å². The fraction of sp³-hybridized carbons (Fsp3) is 1.00. The number of hydrogen-bond donors (Lipinski definition) is 0. The van der Waals surface area contributed by atoms with Crippen LogP contribution in [0.4, 0.5) is 0 Å². The Morgan fingerprint density at radius 1 is 0.267 bits per heavy atom. The normalized spacial score (nSPS) is 13.3. The second kappa shape index (κ2) is 36.8. The Hall–Kier alpha value is -0.0400. The van der Waals surface area contributed by atoms with Crippen molar-refractivity contribution in [2.45, 2.75) is 247 Å². The Kier molecular flexibility index (Phi) is 36.8. The number of unbranched alkanes of at least 4 members (excludes halogenated alkanes) is 26. The fourth-order valence-electron chi connectivity index (χ4n) is 7.58. The summed E-state index contributed by atoms with van der Waals surface area (Å²) in [5.41, 5.74) is 0. The summed E-state index contributed by atoms with van der Waals surface area (Å²) in [7, 11) is 0. The van der Waals surface area contributed by atoms with Gasteiger partial charge in [0.05, 0.1) is 0 Å². The molecule has 0 saturated carbocycles. The van der Waals surface area contributed by atoms with Gasteiger partial charge >= 0.3 is 0 Å². The number of rotatable bonds is 38. The molecule has 0 aliphatic rings. The van der Waals surface area contributed by atoms with Gasteiger partial charge in [0.15, 0.2) is 0 Å². The summed E-state index contributed by atoms with van der Waals surface area (Å²) in [5.74, 6) is 3.60. The first-order valence-corrected chi connectivity index (χ1v) is 21.5. The van der Waals surface area contributed by atoms with Crippen molar-refractivity contribution in [1.82, 2.24) is 0 Å². The maximum atomic E-state index is 5.91. The SMILES string of the molecule is CC(C)CC(C)CCCCCCCCCCCCCCCCOCCCCCCCCCCCCCCCCC(C)CC(C)C. The van der Waals surface area contributed by atoms with Crippen molar-refractivity contribution in [2.24, 2.45) is 23.7 Å². The van der Waals surface area contributed by atoms with Gasteiger partial charge in [0.25, 0.3) is 0 Å². The van der Waals surface area contributed by atoms with Crippen LogP contribution in [0.5, 0.6) is 0 Å². The molecule has 0 spiro atoms. The van der Waals surface area contributed by atoms with E-state index in [0.717, 1.165) is 36.9 Å². The van der Waals surface area contributed by atoms with Crippen molar-refractivity contribution >= 4 is 0 Å². The maximum Gasteiger partial charge on any atom is 0.0466 e. The molecule has 1 heteroatoms. The third-order valence-electron chi connectivity index (χ3n) is 10.2. The highest BCUT2D eigenvalue weighted by molar-refractivity contribution is 4.58. The summed E-state index contributed by atoms with van der Waals surface area (Å²) in [6.07, 6.45) is 46.0. The smallest absolute Gasteiger partial charge is 0.0466 e. The van der Waals surface area contributed by atoms with Gasteiger partial charge in [-0.2, -0.15) is 0 Å². The lowest BCUT2D eigenvalue weighted by molar-refractivity contribution is 0.125. The molecule has 0 aromatic heterocycles. The average Bonchev–Trinajstić information content (AvgIpc) is 2.98. The van der Waals surface area contributed by atoms with Crippen molar-refractivity contribution in [1.29, 1.82) is 0 Å². The second-order valence-electron chi connectivity index (χ2n) is 16.6. The van der Waals surface area contributed by atoms with Gasteiger partial charge in [-0.05, 0) is 49.4 Å². The average molecular weight is 635 g/mol. The highest BCUT2D eigenvalue weighted by Gasteiger charge is 2.05. The molecule has 0 aliphatic carbocycles. The quantitative estimate of drug-likeness (QED) is 0.0614. The summed E-state index contributed by atoms with van der Waals surface area (Å²) in [4.78, 5) is 0. The van der Waals surface area contributed by atoms with E-state index in [1.807, 2.05) is 0 Å². The first-order chi connectivity index (χ1) is 21.9. The van der Waals surface area contributed by atoms with Gasteiger partial charge in [0.1, 0.15) is 0 Å². The zero-order chi connectivity index (χ0) is 33.1. The molecule has 0 rings (SSSR count). The predicted octanol–water partition coefficient (Wildman–Crippen LogP) is 16.1. The minimum Gasteiger partial charge on any atom is -0.381 e. The lowest BCUT2D eigenvalue weighted by Crippen LogP contribution is -1.99. The standard InChI is InChI=1S/C44H90O/c1-41(2)39-43(5)35-31-27-23-19-15-11-7-9-13-17-21-25-29-33-37-45-38-34-30-26-22-18-14-10-8-12-16-20-24-28-32-36-44(6)40-42(3)4/h41-44H,7-40H2,1-6H3. The molecular weight excluding hydrogens is 544 g/mol. The van der Waals surface area contributed by atoms with E-state index in [2.05, 4.69) is 41.5 Å². The third-order valence-corrected chi connectivity index (χ3v) is 10.2. The predicted molar refractivity (Wildman–Crippen MR) is 207 cm³/mol. The van der Waals surface area contributed by atoms with Crippen LogP contribution in [0.3, 0.4) is 0 Å². The summed E-state index contributed by atoms with van der Waals surface area (Å²) >= 11 is 0. The van der Waals surface area contributed by atoms with E-state index in [1.54, 1.807) is 0 Å². The lowest BCUT2D eigenvalue weighted by Gasteiger charge is -2.13. The Morgan fingerprint density at radius 3 is 0.689 bits per heavy atom. The van der Waals surface area contributed by atoms with Crippen molar-refractivity contribution in [3.05, 3.63) is 0 Å². The molecule has 0 aliphatic heterocycles. The topological polar surface area (TPSA) is 9.23 Å². The number of hydrogen-bond acceptors (Lipinski definition) is 1. The van der Waals surface area contributed by atoms with Crippen LogP contribution in [0.1, 0.15) is 247 Å². The molecule has 2 atom stereocenters. The molecule has 45 heavy (non-hydrogen) atoms. The molecule has 0 fully saturated rings. The Bertz CT molecular complexity index is 479. The van der Waals surface area contributed by atoms with E-state index < -0.39 is 0 Å². The fourth-order valence-corrected chi connectivity index (χ4v) is 7.58. The van der Waals surface area contributed by atoms with Crippen molar-refractivity contribution in [2.75, 3.05) is 13.2 Å². The number of ether oxygens (including phenoxy) is 1. The monoisotopic (exact) mass is 635 g/mol. The first-order valence-electron chi connectivity index (χ1n) is 21.5. The zero-order valence-electron chi connectivity index (χ0n) is 32.8. The second-order valence-corrected chi connectivity index (χ2v) is 16.6. The van der Waals surface area contributed by atoms with E-state index in [-0.39, 0.29) is 0 Å². The Morgan fingerprint density at radius 2 is 0.467 bits per heavy atom. The van der Waals surface area contributed by atoms with Gasteiger partial charge in [-0.25, -0.2) is 0 Å². The highest BCUT2D eigenvalue weighted by atomic mass is 16.5. The van der Waals surface area contributed by atoms with Crippen LogP contribution in [-0.4, -0.2) is 13.2 Å². The molecule has 0 heterocycles. The largest absolute Gasteiger partial charge is 0.381 e. The molecule has 272 valence electrons. The minimum absolute atomic E-state index is 0.868. The molecule has 1 nitrogen and oxygen atoms in total. The van der Waals surface area contributed by atoms with Crippen LogP contribution >= 0.6 is 0 Å². The van der Waals surface area contributed by atoms with Gasteiger partial charge in [0, 0.05) is 13.2 Å². The molecule has 0 bridgehead atoms. The molecule has 0 aromatic rings. The van der Waals surface area contributed by atoms with Crippen LogP contribution in [0.25, 0.3) is 0 Å². The summed E-state index contributed by atoms with van der Waals surface area (Å²) in [6.45, 7) is 16.3. The maximum absolute atomic E-state index is 5.91. The Balaban J connectivity index is 3.10. The summed E-state index contributed by atoms with van der Waals surface area (Å²) in [6, 6.07) is 0. The molecule has 0 aromatic carbocycles. The van der Waals surface area contributed by atoms with Crippen molar-refractivity contribution < 1.29 is 4.74 Å². The third kappa shape index (κ3) is 40.1. The van der Waals surface area contributed by atoms with E-state index in [9.17, 15) is 0 Å². The molecule has 0 amide bonds. The van der Waals surface area contributed by atoms with Gasteiger partial charge in [-0.1, -0.05) is 221 Å². The molecule has 0 N–H and O–H groups in total. The molecule has 0 radical (unpaired) electrons. The Labute approximate surface area is 288 Å². The van der Waals surface area contributed by atoms with Crippen LogP contribution in [0.2, 0.25) is 0 Å². The minimum atomic E-state index is 0.868. The lowest BCUT2D eigenvalue weighted by atomic mass is 9.93. The van der Waals surface area contributed by atoms with Gasteiger partial charge in [-0.15, -0.1) is 0 Å². The van der Waals surface area contributed by atoms with Crippen molar-refractivity contribution in [3.8, 4) is 0 Å². The molecular formula is C44H90O. The molecule has 0 saturated heterocycles. The van der Waals surface area contributed by atoms with Crippen LogP contribution in [0, 0.1) is 23.7 Å². The summed E-state index contributed by atoms with van der Waals surface area (Å²) < 4.78 is 5.91. The van der Waals surface area contributed by atoms with Gasteiger partial charge < -0.3 is 4.74 Å². The van der Waals surface area contributed by atoms with Gasteiger partial charge in [0.2, 0.25) is 0 Å².